The number of aromatic hydroxyl groups is 1. The van der Waals surface area contributed by atoms with Crippen LogP contribution in [0, 0.1) is 11.8 Å². The van der Waals surface area contributed by atoms with Gasteiger partial charge in [-0.05, 0) is 43.5 Å². The Kier molecular flexibility index (Phi) is 10.4. The SMILES string of the molecule is CC1CN(CC#Cc2nccc(N3CCCN(c4cc(-c5ccccc5O)nnc4N)CC3)n2)CCO1.c1ccccc1. The Hall–Kier alpha value is -4.72. The number of morpholine rings is 1. The summed E-state index contributed by atoms with van der Waals surface area (Å²) < 4.78 is 5.59. The quantitative estimate of drug-likeness (QED) is 0.347. The highest BCUT2D eigenvalue weighted by molar-refractivity contribution is 5.74. The lowest BCUT2D eigenvalue weighted by atomic mass is 10.1. The molecule has 1 atom stereocenters. The Bertz CT molecular complexity index is 1500. The molecular formula is C33H38N8O2. The first-order valence-corrected chi connectivity index (χ1v) is 14.6. The number of phenolic OH excluding ortho intramolecular Hbond substituents is 1. The second-order valence-corrected chi connectivity index (χ2v) is 10.5. The third-order valence-corrected chi connectivity index (χ3v) is 7.28. The zero-order valence-electron chi connectivity index (χ0n) is 24.5. The zero-order chi connectivity index (χ0) is 29.9. The van der Waals surface area contributed by atoms with Crippen molar-refractivity contribution in [2.75, 3.05) is 68.0 Å². The van der Waals surface area contributed by atoms with Gasteiger partial charge in [0.1, 0.15) is 11.6 Å². The van der Waals surface area contributed by atoms with Crippen LogP contribution in [0.1, 0.15) is 19.2 Å². The van der Waals surface area contributed by atoms with E-state index in [0.29, 0.717) is 29.4 Å². The smallest absolute Gasteiger partial charge is 0.206 e. The third-order valence-electron chi connectivity index (χ3n) is 7.28. The van der Waals surface area contributed by atoms with Crippen LogP contribution in [0.5, 0.6) is 5.75 Å². The van der Waals surface area contributed by atoms with Crippen LogP contribution in [0.4, 0.5) is 17.3 Å². The number of aromatic nitrogens is 4. The van der Waals surface area contributed by atoms with Gasteiger partial charge in [-0.25, -0.2) is 9.97 Å². The summed E-state index contributed by atoms with van der Waals surface area (Å²) in [7, 11) is 0. The number of nitrogens with two attached hydrogens (primary N) is 1. The number of hydrogen-bond donors (Lipinski definition) is 2. The van der Waals surface area contributed by atoms with Crippen molar-refractivity contribution < 1.29 is 9.84 Å². The first-order valence-electron chi connectivity index (χ1n) is 14.6. The van der Waals surface area contributed by atoms with Crippen LogP contribution < -0.4 is 15.5 Å². The normalized spacial score (nSPS) is 17.2. The predicted molar refractivity (Wildman–Crippen MR) is 170 cm³/mol. The molecule has 6 rings (SSSR count). The van der Waals surface area contributed by atoms with Crippen LogP contribution in [0.15, 0.2) is 79.0 Å². The van der Waals surface area contributed by atoms with Crippen LogP contribution in [-0.2, 0) is 4.74 Å². The molecule has 10 nitrogen and oxygen atoms in total. The molecular weight excluding hydrogens is 540 g/mol. The standard InChI is InChI=1S/C27H32N8O2.C6H6/c1-20-19-33(16-17-37-20)11-4-8-25-29-10-9-26(30-25)35-13-5-12-34(14-15-35)23-18-22(31-32-27(23)28)21-6-2-3-7-24(21)36;1-2-4-6-5-3-1/h2-3,6-7,9-10,18,20,36H,5,11-17,19H2,1H3,(H2,28,32);1-6H. The molecule has 4 aromatic rings. The molecule has 0 spiro atoms. The van der Waals surface area contributed by atoms with E-state index < -0.39 is 0 Å². The number of para-hydroxylation sites is 1. The number of benzene rings is 2. The summed E-state index contributed by atoms with van der Waals surface area (Å²) in [5.74, 6) is 8.29. The molecule has 222 valence electrons. The molecule has 10 heteroatoms. The minimum Gasteiger partial charge on any atom is -0.507 e. The summed E-state index contributed by atoms with van der Waals surface area (Å²) in [5.41, 5.74) is 8.27. The lowest BCUT2D eigenvalue weighted by molar-refractivity contribution is -0.0133. The number of anilines is 3. The van der Waals surface area contributed by atoms with Crippen molar-refractivity contribution >= 4 is 17.3 Å². The van der Waals surface area contributed by atoms with E-state index in [1.54, 1.807) is 18.3 Å². The minimum absolute atomic E-state index is 0.164. The predicted octanol–water partition coefficient (Wildman–Crippen LogP) is 3.70. The van der Waals surface area contributed by atoms with Gasteiger partial charge in [-0.3, -0.25) is 4.90 Å². The maximum atomic E-state index is 10.2. The molecule has 2 saturated heterocycles. The van der Waals surface area contributed by atoms with Crippen molar-refractivity contribution in [2.45, 2.75) is 19.4 Å². The summed E-state index contributed by atoms with van der Waals surface area (Å²) in [6.07, 6.45) is 2.94. The summed E-state index contributed by atoms with van der Waals surface area (Å²) >= 11 is 0. The van der Waals surface area contributed by atoms with Crippen LogP contribution >= 0.6 is 0 Å². The van der Waals surface area contributed by atoms with Gasteiger partial charge in [0.2, 0.25) is 5.82 Å². The minimum atomic E-state index is 0.164. The van der Waals surface area contributed by atoms with E-state index in [1.807, 2.05) is 60.7 Å². The van der Waals surface area contributed by atoms with E-state index in [0.717, 1.165) is 63.8 Å². The number of phenols is 1. The van der Waals surface area contributed by atoms with Gasteiger partial charge in [0.05, 0.1) is 30.6 Å². The van der Waals surface area contributed by atoms with Crippen LogP contribution in [-0.4, -0.2) is 88.7 Å². The lowest BCUT2D eigenvalue weighted by Crippen LogP contribution is -2.41. The number of ether oxygens (including phenoxy) is 1. The highest BCUT2D eigenvalue weighted by atomic mass is 16.5. The highest BCUT2D eigenvalue weighted by Crippen LogP contribution is 2.31. The molecule has 2 aromatic carbocycles. The molecule has 3 N–H and O–H groups in total. The van der Waals surface area contributed by atoms with Crippen molar-refractivity contribution in [1.29, 1.82) is 0 Å². The van der Waals surface area contributed by atoms with Gasteiger partial charge in [0.25, 0.3) is 0 Å². The number of nitrogen functional groups attached to an aromatic ring is 1. The second kappa shape index (κ2) is 15.0. The van der Waals surface area contributed by atoms with E-state index in [2.05, 4.69) is 48.6 Å². The Labute approximate surface area is 253 Å². The highest BCUT2D eigenvalue weighted by Gasteiger charge is 2.20. The van der Waals surface area contributed by atoms with Gasteiger partial charge in [0, 0.05) is 51.0 Å². The number of rotatable bonds is 4. The first-order chi connectivity index (χ1) is 21.1. The van der Waals surface area contributed by atoms with Crippen molar-refractivity contribution in [3.8, 4) is 28.8 Å². The Morgan fingerprint density at radius 1 is 0.930 bits per heavy atom. The summed E-state index contributed by atoms with van der Waals surface area (Å²) in [4.78, 5) is 15.8. The van der Waals surface area contributed by atoms with Crippen molar-refractivity contribution in [1.82, 2.24) is 25.1 Å². The van der Waals surface area contributed by atoms with Crippen LogP contribution in [0.2, 0.25) is 0 Å². The van der Waals surface area contributed by atoms with Gasteiger partial charge in [0.15, 0.2) is 5.82 Å². The van der Waals surface area contributed by atoms with E-state index in [4.69, 9.17) is 15.5 Å². The maximum Gasteiger partial charge on any atom is 0.206 e. The van der Waals surface area contributed by atoms with E-state index in [9.17, 15) is 5.11 Å². The molecule has 2 fully saturated rings. The number of nitrogens with zero attached hydrogens (tertiary/aromatic N) is 7. The average molecular weight is 579 g/mol. The maximum absolute atomic E-state index is 10.2. The van der Waals surface area contributed by atoms with Gasteiger partial charge >= 0.3 is 0 Å². The third kappa shape index (κ3) is 8.41. The molecule has 0 radical (unpaired) electrons. The molecule has 43 heavy (non-hydrogen) atoms. The van der Waals surface area contributed by atoms with Gasteiger partial charge in [-0.1, -0.05) is 54.5 Å². The molecule has 0 bridgehead atoms. The zero-order valence-corrected chi connectivity index (χ0v) is 24.5. The Morgan fingerprint density at radius 3 is 2.44 bits per heavy atom. The molecule has 0 saturated carbocycles. The molecule has 0 aliphatic carbocycles. The monoisotopic (exact) mass is 578 g/mol. The topological polar surface area (TPSA) is 117 Å². The second-order valence-electron chi connectivity index (χ2n) is 10.5. The van der Waals surface area contributed by atoms with E-state index in [-0.39, 0.29) is 11.9 Å². The van der Waals surface area contributed by atoms with Gasteiger partial charge in [-0.2, -0.15) is 0 Å². The van der Waals surface area contributed by atoms with E-state index >= 15 is 0 Å². The molecule has 2 aliphatic rings. The summed E-state index contributed by atoms with van der Waals surface area (Å²) in [6.45, 7) is 8.50. The van der Waals surface area contributed by atoms with Crippen LogP contribution in [0.3, 0.4) is 0 Å². The summed E-state index contributed by atoms with van der Waals surface area (Å²) in [6, 6.07) is 22.9. The molecule has 1 unspecified atom stereocenters. The molecule has 0 amide bonds. The van der Waals surface area contributed by atoms with Gasteiger partial charge in [-0.15, -0.1) is 10.2 Å². The number of hydrogen-bond acceptors (Lipinski definition) is 10. The largest absolute Gasteiger partial charge is 0.507 e. The molecule has 2 aliphatic heterocycles. The van der Waals surface area contributed by atoms with Crippen molar-refractivity contribution in [3.05, 3.63) is 84.8 Å². The Balaban J connectivity index is 0.000000548. The van der Waals surface area contributed by atoms with E-state index in [1.165, 1.54) is 0 Å². The van der Waals surface area contributed by atoms with Crippen LogP contribution in [0.25, 0.3) is 11.3 Å². The molecule has 4 heterocycles. The fourth-order valence-electron chi connectivity index (χ4n) is 5.09. The molecule has 2 aromatic heterocycles. The summed E-state index contributed by atoms with van der Waals surface area (Å²) in [5, 5.41) is 18.6. The fraction of sp³-hybridized carbons (Fsp3) is 0.333. The van der Waals surface area contributed by atoms with Crippen molar-refractivity contribution in [3.63, 3.8) is 0 Å². The Morgan fingerprint density at radius 2 is 1.67 bits per heavy atom. The lowest BCUT2D eigenvalue weighted by Gasteiger charge is -2.29. The first kappa shape index (κ1) is 29.8. The van der Waals surface area contributed by atoms with Gasteiger partial charge < -0.3 is 25.4 Å². The average Bonchev–Trinajstić information content (AvgIpc) is 3.30. The van der Waals surface area contributed by atoms with Crippen molar-refractivity contribution in [2.24, 2.45) is 0 Å². The fourth-order valence-corrected chi connectivity index (χ4v) is 5.09.